The van der Waals surface area contributed by atoms with Gasteiger partial charge in [0.2, 0.25) is 0 Å². The van der Waals surface area contributed by atoms with Crippen molar-refractivity contribution in [3.05, 3.63) is 60.4 Å². The number of anilines is 2. The lowest BCUT2D eigenvalue weighted by Crippen LogP contribution is -2.19. The molecule has 1 aliphatic rings. The summed E-state index contributed by atoms with van der Waals surface area (Å²) in [6, 6.07) is 14.6. The number of nitrogens with one attached hydrogen (secondary N) is 1. The van der Waals surface area contributed by atoms with Crippen LogP contribution in [0.2, 0.25) is 0 Å². The number of rotatable bonds is 6. The first-order chi connectivity index (χ1) is 14.7. The molecule has 1 amide bonds. The van der Waals surface area contributed by atoms with Crippen LogP contribution < -0.4 is 19.7 Å². The molecule has 154 valence electrons. The molecule has 1 aliphatic heterocycles. The largest absolute Gasteiger partial charge is 0.497 e. The molecule has 0 saturated carbocycles. The van der Waals surface area contributed by atoms with E-state index in [1.807, 2.05) is 18.2 Å². The maximum absolute atomic E-state index is 12.7. The Morgan fingerprint density at radius 1 is 0.967 bits per heavy atom. The molecule has 0 radical (unpaired) electrons. The second-order valence-electron chi connectivity index (χ2n) is 7.05. The third-order valence-electron chi connectivity index (χ3n) is 5.18. The molecule has 0 unspecified atom stereocenters. The van der Waals surface area contributed by atoms with Crippen molar-refractivity contribution in [1.82, 2.24) is 9.97 Å². The van der Waals surface area contributed by atoms with Gasteiger partial charge in [-0.15, -0.1) is 0 Å². The molecule has 1 saturated heterocycles. The molecule has 7 nitrogen and oxygen atoms in total. The van der Waals surface area contributed by atoms with Crippen LogP contribution in [0.3, 0.4) is 0 Å². The Labute approximate surface area is 175 Å². The molecular formula is C23H24N4O3. The number of carbonyl (C=O) groups is 1. The fourth-order valence-corrected chi connectivity index (χ4v) is 3.51. The molecule has 4 rings (SSSR count). The molecule has 2 aromatic carbocycles. The van der Waals surface area contributed by atoms with Crippen molar-refractivity contribution >= 4 is 17.4 Å². The second-order valence-corrected chi connectivity index (χ2v) is 7.05. The van der Waals surface area contributed by atoms with E-state index in [1.54, 1.807) is 50.9 Å². The van der Waals surface area contributed by atoms with Crippen LogP contribution in [0, 0.1) is 0 Å². The fourth-order valence-electron chi connectivity index (χ4n) is 3.51. The number of methoxy groups -OCH3 is 2. The van der Waals surface area contributed by atoms with Crippen molar-refractivity contribution in [3.8, 4) is 22.8 Å². The summed E-state index contributed by atoms with van der Waals surface area (Å²) in [7, 11) is 3.14. The summed E-state index contributed by atoms with van der Waals surface area (Å²) >= 11 is 0. The quantitative estimate of drug-likeness (QED) is 0.669. The molecule has 0 spiro atoms. The lowest BCUT2D eigenvalue weighted by Gasteiger charge is -2.16. The third-order valence-corrected chi connectivity index (χ3v) is 5.18. The third kappa shape index (κ3) is 4.20. The van der Waals surface area contributed by atoms with E-state index in [2.05, 4.69) is 20.2 Å². The zero-order valence-electron chi connectivity index (χ0n) is 17.1. The highest BCUT2D eigenvalue weighted by atomic mass is 16.5. The Balaban J connectivity index is 1.50. The number of amides is 1. The van der Waals surface area contributed by atoms with Crippen molar-refractivity contribution < 1.29 is 14.3 Å². The first-order valence-electron chi connectivity index (χ1n) is 9.89. The van der Waals surface area contributed by atoms with Crippen molar-refractivity contribution in [2.24, 2.45) is 0 Å². The van der Waals surface area contributed by atoms with E-state index < -0.39 is 0 Å². The van der Waals surface area contributed by atoms with Gasteiger partial charge >= 0.3 is 0 Å². The predicted octanol–water partition coefficient (Wildman–Crippen LogP) is 4.01. The highest BCUT2D eigenvalue weighted by molar-refractivity contribution is 6.05. The van der Waals surface area contributed by atoms with Gasteiger partial charge in [0.15, 0.2) is 0 Å². The number of nitrogens with zero attached hydrogens (tertiary/aromatic N) is 3. The van der Waals surface area contributed by atoms with E-state index in [1.165, 1.54) is 12.8 Å². The first-order valence-corrected chi connectivity index (χ1v) is 9.89. The summed E-state index contributed by atoms with van der Waals surface area (Å²) in [5, 5.41) is 2.88. The van der Waals surface area contributed by atoms with Crippen LogP contribution in [-0.2, 0) is 0 Å². The summed E-state index contributed by atoms with van der Waals surface area (Å²) in [5.74, 6) is 1.93. The number of ether oxygens (including phenoxy) is 2. The maximum atomic E-state index is 12.7. The molecule has 0 bridgehead atoms. The molecule has 30 heavy (non-hydrogen) atoms. The van der Waals surface area contributed by atoms with Crippen LogP contribution in [0.5, 0.6) is 11.5 Å². The predicted molar refractivity (Wildman–Crippen MR) is 116 cm³/mol. The summed E-state index contributed by atoms with van der Waals surface area (Å²) in [4.78, 5) is 23.7. The molecule has 2 heterocycles. The topological polar surface area (TPSA) is 76.6 Å². The van der Waals surface area contributed by atoms with Crippen LogP contribution in [0.1, 0.15) is 23.2 Å². The van der Waals surface area contributed by atoms with E-state index in [0.29, 0.717) is 22.7 Å². The smallest absolute Gasteiger partial charge is 0.255 e. The van der Waals surface area contributed by atoms with Gasteiger partial charge in [0.05, 0.1) is 25.6 Å². The molecule has 7 heteroatoms. The molecule has 1 N–H and O–H groups in total. The molecule has 3 aromatic rings. The minimum atomic E-state index is -0.217. The van der Waals surface area contributed by atoms with Gasteiger partial charge in [-0.3, -0.25) is 4.79 Å². The van der Waals surface area contributed by atoms with Gasteiger partial charge < -0.3 is 19.7 Å². The minimum Gasteiger partial charge on any atom is -0.497 e. The molecule has 0 aliphatic carbocycles. The van der Waals surface area contributed by atoms with Gasteiger partial charge in [0.25, 0.3) is 5.91 Å². The first kappa shape index (κ1) is 19.7. The van der Waals surface area contributed by atoms with Crippen molar-refractivity contribution in [2.45, 2.75) is 12.8 Å². The van der Waals surface area contributed by atoms with Gasteiger partial charge in [0.1, 0.15) is 23.6 Å². The minimum absolute atomic E-state index is 0.217. The summed E-state index contributed by atoms with van der Waals surface area (Å²) < 4.78 is 10.5. The Bertz CT molecular complexity index is 1030. The fraction of sp³-hybridized carbons (Fsp3) is 0.261. The van der Waals surface area contributed by atoms with Crippen molar-refractivity contribution in [2.75, 3.05) is 37.5 Å². The van der Waals surface area contributed by atoms with E-state index >= 15 is 0 Å². The lowest BCUT2D eigenvalue weighted by atomic mass is 10.1. The average molecular weight is 404 g/mol. The average Bonchev–Trinajstić information content (AvgIpc) is 3.34. The Hall–Kier alpha value is -3.61. The number of aromatic nitrogens is 2. The highest BCUT2D eigenvalue weighted by Crippen LogP contribution is 2.29. The number of carbonyl (C=O) groups excluding carboxylic acids is 1. The Morgan fingerprint density at radius 3 is 2.43 bits per heavy atom. The molecule has 1 aromatic heterocycles. The molecule has 1 fully saturated rings. The zero-order chi connectivity index (χ0) is 20.9. The molecule has 0 atom stereocenters. The summed E-state index contributed by atoms with van der Waals surface area (Å²) in [6.45, 7) is 2.06. The van der Waals surface area contributed by atoms with Gasteiger partial charge in [-0.25, -0.2) is 9.97 Å². The normalized spacial score (nSPS) is 13.2. The number of benzene rings is 2. The van der Waals surface area contributed by atoms with Crippen molar-refractivity contribution in [1.29, 1.82) is 0 Å². The second kappa shape index (κ2) is 8.82. The van der Waals surface area contributed by atoms with E-state index in [4.69, 9.17) is 9.47 Å². The highest BCUT2D eigenvalue weighted by Gasteiger charge is 2.15. The van der Waals surface area contributed by atoms with Crippen LogP contribution in [0.4, 0.5) is 11.5 Å². The van der Waals surface area contributed by atoms with Gasteiger partial charge in [-0.1, -0.05) is 12.1 Å². The van der Waals surface area contributed by atoms with E-state index in [-0.39, 0.29) is 5.91 Å². The van der Waals surface area contributed by atoms with Crippen LogP contribution in [0.15, 0.2) is 54.9 Å². The molecular weight excluding hydrogens is 380 g/mol. The van der Waals surface area contributed by atoms with Crippen LogP contribution >= 0.6 is 0 Å². The maximum Gasteiger partial charge on any atom is 0.255 e. The van der Waals surface area contributed by atoms with Gasteiger partial charge in [0, 0.05) is 36.3 Å². The SMILES string of the molecule is COc1ccc(NC(=O)c2ccc(-c3cc(N4CCCC4)ncn3)cc2)c(OC)c1. The summed E-state index contributed by atoms with van der Waals surface area (Å²) in [5.41, 5.74) is 2.91. The Kier molecular flexibility index (Phi) is 5.79. The van der Waals surface area contributed by atoms with Crippen LogP contribution in [-0.4, -0.2) is 43.2 Å². The van der Waals surface area contributed by atoms with Crippen LogP contribution in [0.25, 0.3) is 11.3 Å². The standard InChI is InChI=1S/C23H24N4O3/c1-29-18-9-10-19(21(13-18)30-2)26-23(28)17-7-5-16(6-8-17)20-14-22(25-15-24-20)27-11-3-4-12-27/h5-10,13-15H,3-4,11-12H2,1-2H3,(H,26,28). The van der Waals surface area contributed by atoms with Gasteiger partial charge in [-0.2, -0.15) is 0 Å². The Morgan fingerprint density at radius 2 is 1.73 bits per heavy atom. The zero-order valence-corrected chi connectivity index (χ0v) is 17.1. The number of hydrogen-bond acceptors (Lipinski definition) is 6. The summed E-state index contributed by atoms with van der Waals surface area (Å²) in [6.07, 6.45) is 3.99. The monoisotopic (exact) mass is 404 g/mol. The lowest BCUT2D eigenvalue weighted by molar-refractivity contribution is 0.102. The van der Waals surface area contributed by atoms with E-state index in [0.717, 1.165) is 30.2 Å². The van der Waals surface area contributed by atoms with Crippen molar-refractivity contribution in [3.63, 3.8) is 0 Å². The van der Waals surface area contributed by atoms with E-state index in [9.17, 15) is 4.79 Å². The van der Waals surface area contributed by atoms with Gasteiger partial charge in [-0.05, 0) is 37.1 Å². The number of hydrogen-bond donors (Lipinski definition) is 1.